The van der Waals surface area contributed by atoms with Crippen molar-refractivity contribution in [2.45, 2.75) is 19.6 Å². The zero-order valence-electron chi connectivity index (χ0n) is 24.0. The van der Waals surface area contributed by atoms with Crippen molar-refractivity contribution in [3.63, 3.8) is 0 Å². The first-order valence-electron chi connectivity index (χ1n) is 13.7. The summed E-state index contributed by atoms with van der Waals surface area (Å²) >= 11 is 0. The van der Waals surface area contributed by atoms with Crippen LogP contribution in [-0.4, -0.2) is 31.1 Å². The Hall–Kier alpha value is -3.81. The standard InChI is InChI=1S/C25H24N2Si2.C11H8N.Ir/c1-28(2,21-13-6-4-7-14-21)24-18-12-19-25(27-24)29(3,22-15-8-5-9-16-22)23-17-10-11-20-26-23;1-2-6-10(7-3-1)11-8-4-5-9-12-11;/h4-13,15,17-20H,1-3H3;1-6,8-9H;/q-2;-1;+3. The van der Waals surface area contributed by atoms with Crippen LogP contribution in [0.3, 0.4) is 0 Å². The molecule has 0 aliphatic rings. The molecule has 208 valence electrons. The number of hydrogen-bond acceptors (Lipinski definition) is 3. The van der Waals surface area contributed by atoms with Gasteiger partial charge in [0.15, 0.2) is 8.07 Å². The molecular weight excluding hydrogens is 723 g/mol. The first-order chi connectivity index (χ1) is 20.0. The van der Waals surface area contributed by atoms with Gasteiger partial charge >= 0.3 is 20.1 Å². The number of nitrogens with zero attached hydrogens (tertiary/aromatic N) is 3. The number of pyridine rings is 3. The van der Waals surface area contributed by atoms with Crippen LogP contribution in [-0.2, 0) is 20.1 Å². The van der Waals surface area contributed by atoms with Gasteiger partial charge < -0.3 is 4.98 Å². The third-order valence-electron chi connectivity index (χ3n) is 7.36. The van der Waals surface area contributed by atoms with Crippen LogP contribution in [0.15, 0.2) is 140 Å². The van der Waals surface area contributed by atoms with E-state index in [1.165, 1.54) is 15.7 Å². The van der Waals surface area contributed by atoms with Gasteiger partial charge in [0.25, 0.3) is 0 Å². The summed E-state index contributed by atoms with van der Waals surface area (Å²) in [6.45, 7) is 7.02. The average molecular weight is 755 g/mol. The van der Waals surface area contributed by atoms with Crippen LogP contribution in [0.4, 0.5) is 0 Å². The number of hydrogen-bond donors (Lipinski definition) is 0. The predicted molar refractivity (Wildman–Crippen MR) is 175 cm³/mol. The number of aromatic nitrogens is 3. The molecule has 0 saturated carbocycles. The second kappa shape index (κ2) is 14.4. The predicted octanol–water partition coefficient (Wildman–Crippen LogP) is 4.55. The molecule has 0 aliphatic carbocycles. The minimum atomic E-state index is -2.35. The maximum atomic E-state index is 5.29. The van der Waals surface area contributed by atoms with Crippen LogP contribution in [0.2, 0.25) is 19.6 Å². The third-order valence-corrected chi connectivity index (χ3v) is 14.6. The van der Waals surface area contributed by atoms with Crippen LogP contribution in [0.25, 0.3) is 11.3 Å². The van der Waals surface area contributed by atoms with Crippen molar-refractivity contribution in [1.29, 1.82) is 0 Å². The fraction of sp³-hybridized carbons (Fsp3) is 0.0833. The Labute approximate surface area is 265 Å². The third kappa shape index (κ3) is 6.97. The molecule has 3 heterocycles. The summed E-state index contributed by atoms with van der Waals surface area (Å²) in [6, 6.07) is 53.0. The molecule has 0 spiro atoms. The zero-order chi connectivity index (χ0) is 28.5. The van der Waals surface area contributed by atoms with E-state index < -0.39 is 16.1 Å². The molecule has 3 aromatic heterocycles. The Morgan fingerprint density at radius 1 is 0.500 bits per heavy atom. The van der Waals surface area contributed by atoms with Crippen molar-refractivity contribution in [3.05, 3.63) is 158 Å². The molecule has 3 aromatic carbocycles. The summed E-state index contributed by atoms with van der Waals surface area (Å²) < 4.78 is 0. The smallest absolute Gasteiger partial charge is 0.305 e. The Bertz CT molecular complexity index is 1570. The quantitative estimate of drug-likeness (QED) is 0.185. The van der Waals surface area contributed by atoms with Crippen molar-refractivity contribution in [3.8, 4) is 11.3 Å². The molecule has 3 nitrogen and oxygen atoms in total. The first kappa shape index (κ1) is 31.1. The van der Waals surface area contributed by atoms with Crippen molar-refractivity contribution in [2.24, 2.45) is 0 Å². The maximum absolute atomic E-state index is 5.29. The minimum Gasteiger partial charge on any atom is -0.305 e. The van der Waals surface area contributed by atoms with Gasteiger partial charge in [0.2, 0.25) is 0 Å². The molecule has 0 aliphatic heterocycles. The summed E-state index contributed by atoms with van der Waals surface area (Å²) in [5, 5.41) is 5.90. The summed E-state index contributed by atoms with van der Waals surface area (Å²) in [4.78, 5) is 14.3. The largest absolute Gasteiger partial charge is 3.00 e. The Kier molecular flexibility index (Phi) is 10.7. The minimum absolute atomic E-state index is 0. The van der Waals surface area contributed by atoms with Gasteiger partial charge in [-0.15, -0.1) is 35.9 Å². The second-order valence-corrected chi connectivity index (χ2v) is 18.5. The van der Waals surface area contributed by atoms with E-state index in [1.807, 2.05) is 79.0 Å². The Morgan fingerprint density at radius 2 is 1.07 bits per heavy atom. The summed E-state index contributed by atoms with van der Waals surface area (Å²) in [6.07, 6.45) is 3.67. The Balaban J connectivity index is 0.000000261. The van der Waals surface area contributed by atoms with E-state index in [0.717, 1.165) is 21.9 Å². The van der Waals surface area contributed by atoms with Gasteiger partial charge in [0.1, 0.15) is 8.07 Å². The van der Waals surface area contributed by atoms with Crippen LogP contribution < -0.4 is 26.3 Å². The molecule has 6 heteroatoms. The van der Waals surface area contributed by atoms with Crippen LogP contribution >= 0.6 is 0 Å². The van der Waals surface area contributed by atoms with E-state index in [-0.39, 0.29) is 20.1 Å². The van der Waals surface area contributed by atoms with Gasteiger partial charge in [0.05, 0.1) is 0 Å². The molecule has 6 rings (SSSR count). The maximum Gasteiger partial charge on any atom is 3.00 e. The van der Waals surface area contributed by atoms with E-state index in [4.69, 9.17) is 9.97 Å². The molecule has 0 radical (unpaired) electrons. The van der Waals surface area contributed by atoms with Crippen molar-refractivity contribution >= 4 is 42.5 Å². The van der Waals surface area contributed by atoms with Gasteiger partial charge in [-0.3, -0.25) is 9.97 Å². The fourth-order valence-electron chi connectivity index (χ4n) is 4.83. The van der Waals surface area contributed by atoms with E-state index in [9.17, 15) is 0 Å². The Morgan fingerprint density at radius 3 is 1.64 bits per heavy atom. The molecule has 1 atom stereocenters. The van der Waals surface area contributed by atoms with E-state index >= 15 is 0 Å². The van der Waals surface area contributed by atoms with Gasteiger partial charge in [-0.2, -0.15) is 71.0 Å². The molecule has 0 saturated heterocycles. The van der Waals surface area contributed by atoms with Gasteiger partial charge in [-0.05, 0) is 36.0 Å². The number of rotatable bonds is 6. The van der Waals surface area contributed by atoms with Crippen LogP contribution in [0.5, 0.6) is 0 Å². The molecule has 0 bridgehead atoms. The molecule has 0 amide bonds. The van der Waals surface area contributed by atoms with Gasteiger partial charge in [-0.1, -0.05) is 43.9 Å². The normalized spacial score (nSPS) is 12.2. The van der Waals surface area contributed by atoms with Crippen LogP contribution in [0.1, 0.15) is 0 Å². The van der Waals surface area contributed by atoms with Gasteiger partial charge in [-0.25, -0.2) is 0 Å². The van der Waals surface area contributed by atoms with Crippen molar-refractivity contribution < 1.29 is 20.1 Å². The average Bonchev–Trinajstić information content (AvgIpc) is 3.07. The molecule has 42 heavy (non-hydrogen) atoms. The SMILES string of the molecule is C[Si](C)(c1[c-]cccc1)c1cccc([Si](C)(c2[c-]cccc2)c2ccccn2)n1.[Ir+3].[c-]1ccccc1-c1ccccn1. The van der Waals surface area contributed by atoms with Crippen LogP contribution in [0, 0.1) is 18.2 Å². The summed E-state index contributed by atoms with van der Waals surface area (Å²) in [5.74, 6) is 0. The summed E-state index contributed by atoms with van der Waals surface area (Å²) in [5.41, 5.74) is 2.01. The summed E-state index contributed by atoms with van der Waals surface area (Å²) in [7, 11) is -4.30. The van der Waals surface area contributed by atoms with E-state index in [2.05, 4.69) is 97.4 Å². The van der Waals surface area contributed by atoms with Crippen molar-refractivity contribution in [2.75, 3.05) is 0 Å². The van der Waals surface area contributed by atoms with Gasteiger partial charge in [0, 0.05) is 28.3 Å². The van der Waals surface area contributed by atoms with E-state index in [0.29, 0.717) is 0 Å². The molecule has 6 aromatic rings. The topological polar surface area (TPSA) is 38.7 Å². The monoisotopic (exact) mass is 755 g/mol. The molecule has 0 fully saturated rings. The first-order valence-corrected chi connectivity index (χ1v) is 19.2. The second-order valence-electron chi connectivity index (χ2n) is 10.4. The number of benzene rings is 3. The zero-order valence-corrected chi connectivity index (χ0v) is 28.3. The van der Waals surface area contributed by atoms with E-state index in [1.54, 1.807) is 6.20 Å². The van der Waals surface area contributed by atoms with Crippen molar-refractivity contribution in [1.82, 2.24) is 15.0 Å². The molecule has 1 unspecified atom stereocenters. The molecular formula is C36H32IrN3Si2. The fourth-order valence-corrected chi connectivity index (χ4v) is 10.2. The molecule has 0 N–H and O–H groups in total.